The van der Waals surface area contributed by atoms with Crippen LogP contribution in [-0.2, 0) is 4.79 Å². The van der Waals surface area contributed by atoms with E-state index in [1.807, 2.05) is 0 Å². The quantitative estimate of drug-likeness (QED) is 0.500. The minimum Gasteiger partial charge on any atom is -0.299 e. The summed E-state index contributed by atoms with van der Waals surface area (Å²) in [4.78, 5) is 11.4. The molecule has 0 heterocycles. The summed E-state index contributed by atoms with van der Waals surface area (Å²) in [5.41, 5.74) is 0.0428. The first kappa shape index (κ1) is 6.38. The Morgan fingerprint density at radius 1 is 1.40 bits per heavy atom. The molecule has 1 nitrogen and oxygen atoms in total. The van der Waals surface area contributed by atoms with Crippen molar-refractivity contribution in [3.8, 4) is 0 Å². The van der Waals surface area contributed by atoms with Crippen LogP contribution >= 0.6 is 0 Å². The minimum absolute atomic E-state index is 0.0428. The third-order valence-electron chi connectivity index (χ3n) is 3.41. The maximum absolute atomic E-state index is 11.4. The number of carbonyl (C=O) groups excluding carboxylic acids is 1. The number of hydrogen-bond donors (Lipinski definition) is 0. The van der Waals surface area contributed by atoms with Crippen molar-refractivity contribution in [1.29, 1.82) is 0 Å². The molecule has 2 aliphatic carbocycles. The zero-order valence-corrected chi connectivity index (χ0v) is 6.68. The average Bonchev–Trinajstić information content (AvgIpc) is 2.31. The van der Waals surface area contributed by atoms with Crippen molar-refractivity contribution < 1.29 is 4.79 Å². The molecule has 0 radical (unpaired) electrons. The van der Waals surface area contributed by atoms with Gasteiger partial charge in [-0.05, 0) is 18.8 Å². The number of fused-ring (bicyclic) bond motifs is 1. The molecule has 1 heteroatoms. The van der Waals surface area contributed by atoms with E-state index in [1.54, 1.807) is 0 Å². The standard InChI is InChI=1S/C9H14O/c1-9(2)7-5-3-4-6(7)8(9)10/h6-7H,3-5H2,1-2H3. The fraction of sp³-hybridized carbons (Fsp3) is 0.889. The lowest BCUT2D eigenvalue weighted by Gasteiger charge is -2.46. The molecule has 56 valence electrons. The first-order valence-corrected chi connectivity index (χ1v) is 4.18. The lowest BCUT2D eigenvalue weighted by Crippen LogP contribution is -2.51. The van der Waals surface area contributed by atoms with Gasteiger partial charge in [0.25, 0.3) is 0 Å². The van der Waals surface area contributed by atoms with Crippen LogP contribution < -0.4 is 0 Å². The molecule has 2 fully saturated rings. The first-order valence-electron chi connectivity index (χ1n) is 4.18. The van der Waals surface area contributed by atoms with Gasteiger partial charge in [0.2, 0.25) is 0 Å². The van der Waals surface area contributed by atoms with Gasteiger partial charge in [-0.3, -0.25) is 4.79 Å². The van der Waals surface area contributed by atoms with Crippen LogP contribution in [0.25, 0.3) is 0 Å². The molecule has 0 aromatic heterocycles. The van der Waals surface area contributed by atoms with Gasteiger partial charge in [-0.25, -0.2) is 0 Å². The molecule has 2 unspecified atom stereocenters. The van der Waals surface area contributed by atoms with Gasteiger partial charge in [-0.1, -0.05) is 20.3 Å². The Morgan fingerprint density at radius 2 is 2.10 bits per heavy atom. The summed E-state index contributed by atoms with van der Waals surface area (Å²) in [6.45, 7) is 4.20. The summed E-state index contributed by atoms with van der Waals surface area (Å²) >= 11 is 0. The molecule has 2 rings (SSSR count). The number of rotatable bonds is 0. The van der Waals surface area contributed by atoms with Gasteiger partial charge in [0.1, 0.15) is 5.78 Å². The second-order valence-electron chi connectivity index (χ2n) is 4.23. The van der Waals surface area contributed by atoms with E-state index in [-0.39, 0.29) is 5.41 Å². The highest BCUT2D eigenvalue weighted by atomic mass is 16.1. The van der Waals surface area contributed by atoms with Crippen LogP contribution in [0.2, 0.25) is 0 Å². The molecule has 10 heavy (non-hydrogen) atoms. The number of Topliss-reactive ketones (excluding diaryl/α,β-unsaturated/α-hetero) is 1. The molecule has 0 aromatic rings. The van der Waals surface area contributed by atoms with E-state index in [9.17, 15) is 4.79 Å². The Kier molecular flexibility index (Phi) is 1.04. The molecule has 0 spiro atoms. The maximum atomic E-state index is 11.4. The number of hydrogen-bond acceptors (Lipinski definition) is 1. The van der Waals surface area contributed by atoms with Crippen LogP contribution in [0.4, 0.5) is 0 Å². The van der Waals surface area contributed by atoms with E-state index in [2.05, 4.69) is 13.8 Å². The highest BCUT2D eigenvalue weighted by Gasteiger charge is 2.56. The summed E-state index contributed by atoms with van der Waals surface area (Å²) in [5, 5.41) is 0. The SMILES string of the molecule is CC1(C)C(=O)C2CCCC21. The van der Waals surface area contributed by atoms with E-state index < -0.39 is 0 Å². The van der Waals surface area contributed by atoms with E-state index in [4.69, 9.17) is 0 Å². The molecule has 2 saturated carbocycles. The molecule has 0 aliphatic heterocycles. The smallest absolute Gasteiger partial charge is 0.142 e. The largest absolute Gasteiger partial charge is 0.299 e. The highest BCUT2D eigenvalue weighted by molar-refractivity contribution is 5.93. The van der Waals surface area contributed by atoms with Crippen molar-refractivity contribution in [3.05, 3.63) is 0 Å². The van der Waals surface area contributed by atoms with Gasteiger partial charge in [0, 0.05) is 11.3 Å². The van der Waals surface area contributed by atoms with Crippen molar-refractivity contribution in [3.63, 3.8) is 0 Å². The summed E-state index contributed by atoms with van der Waals surface area (Å²) in [7, 11) is 0. The maximum Gasteiger partial charge on any atom is 0.142 e. The van der Waals surface area contributed by atoms with Crippen LogP contribution in [0.3, 0.4) is 0 Å². The van der Waals surface area contributed by atoms with Crippen LogP contribution in [0.15, 0.2) is 0 Å². The molecule has 0 N–H and O–H groups in total. The predicted molar refractivity (Wildman–Crippen MR) is 39.6 cm³/mol. The number of ketones is 1. The average molecular weight is 138 g/mol. The second kappa shape index (κ2) is 1.63. The zero-order valence-electron chi connectivity index (χ0n) is 6.68. The minimum atomic E-state index is 0.0428. The molecule has 0 amide bonds. The topological polar surface area (TPSA) is 17.1 Å². The molecular weight excluding hydrogens is 124 g/mol. The third kappa shape index (κ3) is 0.518. The fourth-order valence-corrected chi connectivity index (χ4v) is 2.70. The van der Waals surface area contributed by atoms with Gasteiger partial charge in [-0.15, -0.1) is 0 Å². The van der Waals surface area contributed by atoms with Crippen LogP contribution in [-0.4, -0.2) is 5.78 Å². The van der Waals surface area contributed by atoms with Crippen LogP contribution in [0.1, 0.15) is 33.1 Å². The third-order valence-corrected chi connectivity index (χ3v) is 3.41. The Hall–Kier alpha value is -0.330. The van der Waals surface area contributed by atoms with Gasteiger partial charge in [0.05, 0.1) is 0 Å². The Balaban J connectivity index is 2.23. The second-order valence-corrected chi connectivity index (χ2v) is 4.23. The van der Waals surface area contributed by atoms with Crippen molar-refractivity contribution in [2.24, 2.45) is 17.3 Å². The molecule has 0 aromatic carbocycles. The van der Waals surface area contributed by atoms with E-state index >= 15 is 0 Å². The molecule has 2 aliphatic rings. The molecule has 0 saturated heterocycles. The Morgan fingerprint density at radius 3 is 2.70 bits per heavy atom. The van der Waals surface area contributed by atoms with Crippen molar-refractivity contribution in [1.82, 2.24) is 0 Å². The van der Waals surface area contributed by atoms with Crippen LogP contribution in [0.5, 0.6) is 0 Å². The molecule has 0 bridgehead atoms. The zero-order chi connectivity index (χ0) is 7.35. The fourth-order valence-electron chi connectivity index (χ4n) is 2.70. The lowest BCUT2D eigenvalue weighted by atomic mass is 9.56. The van der Waals surface area contributed by atoms with Crippen LogP contribution in [0, 0.1) is 17.3 Å². The van der Waals surface area contributed by atoms with Gasteiger partial charge >= 0.3 is 0 Å². The number of carbonyl (C=O) groups is 1. The van der Waals surface area contributed by atoms with E-state index in [0.29, 0.717) is 11.7 Å². The van der Waals surface area contributed by atoms with Gasteiger partial charge in [0.15, 0.2) is 0 Å². The summed E-state index contributed by atoms with van der Waals surface area (Å²) in [5.74, 6) is 1.73. The Bertz CT molecular complexity index is 181. The normalized spacial score (nSPS) is 42.8. The van der Waals surface area contributed by atoms with E-state index in [1.165, 1.54) is 19.3 Å². The molecular formula is C9H14O. The molecule has 2 atom stereocenters. The van der Waals surface area contributed by atoms with Crippen molar-refractivity contribution in [2.45, 2.75) is 33.1 Å². The summed E-state index contributed by atoms with van der Waals surface area (Å²) in [6, 6.07) is 0. The summed E-state index contributed by atoms with van der Waals surface area (Å²) in [6.07, 6.45) is 3.75. The summed E-state index contributed by atoms with van der Waals surface area (Å²) < 4.78 is 0. The monoisotopic (exact) mass is 138 g/mol. The van der Waals surface area contributed by atoms with E-state index in [0.717, 1.165) is 5.92 Å². The van der Waals surface area contributed by atoms with Crippen molar-refractivity contribution in [2.75, 3.05) is 0 Å². The Labute approximate surface area is 61.8 Å². The lowest BCUT2D eigenvalue weighted by molar-refractivity contribution is -0.150. The van der Waals surface area contributed by atoms with Crippen molar-refractivity contribution >= 4 is 5.78 Å². The predicted octanol–water partition coefficient (Wildman–Crippen LogP) is 2.01. The van der Waals surface area contributed by atoms with Gasteiger partial charge < -0.3 is 0 Å². The highest BCUT2D eigenvalue weighted by Crippen LogP contribution is 2.55. The first-order chi connectivity index (χ1) is 4.64. The van der Waals surface area contributed by atoms with Gasteiger partial charge in [-0.2, -0.15) is 0 Å².